The van der Waals surface area contributed by atoms with Crippen molar-refractivity contribution < 1.29 is 35.9 Å². The number of hydrogen-bond acceptors (Lipinski definition) is 18. The van der Waals surface area contributed by atoms with Crippen molar-refractivity contribution in [1.29, 1.82) is 0 Å². The maximum atomic E-state index is 13.5. The van der Waals surface area contributed by atoms with Gasteiger partial charge in [0.25, 0.3) is 0 Å². The van der Waals surface area contributed by atoms with E-state index in [1.165, 1.54) is 28.7 Å². The second-order valence-electron chi connectivity index (χ2n) is 21.9. The number of nitrogens with zero attached hydrogens (tertiary/aromatic N) is 6. The van der Waals surface area contributed by atoms with Gasteiger partial charge in [-0.2, -0.15) is 10.2 Å². The Morgan fingerprint density at radius 2 is 1.08 bits per heavy atom. The first-order valence-corrected chi connectivity index (χ1v) is 31.5. The standard InChI is InChI=1S/C27H36N6O4S2.C23H34N4O4S2.C4H3BrN2/c1-17(2)37-26(34)31-19-10-8-18(9-11-19)25-28-16-22(38-25)21-13-12-20(30-24-7-6-14-29-32-24)15-23(21)39(35,36)33-27(3,4)5;1-14(2)31-22(28)26-17-9-6-15(7-10-17)21-25-13-19(32-21)18-11-8-16(24)12-20(18)33(29,30)27-23(3,4)5;5-4-2-1-3-6-7-4/h6-7,12-19,33H,8-11H2,1-5H3,(H,30,32)(H,31,34);8,11-15,17,27H,6-7,9-10,24H2,1-5H3,(H,26,28);1-3H. The van der Waals surface area contributed by atoms with Crippen LogP contribution >= 0.6 is 38.6 Å². The van der Waals surface area contributed by atoms with Crippen LogP contribution in [0.2, 0.25) is 0 Å². The number of sulfonamides is 2. The number of nitrogens with two attached hydrogens (primary N) is 1. The summed E-state index contributed by atoms with van der Waals surface area (Å²) in [6.07, 6.45) is 12.6. The minimum Gasteiger partial charge on any atom is -0.447 e. The Labute approximate surface area is 480 Å². The zero-order chi connectivity index (χ0) is 57.7. The Hall–Kier alpha value is -5.70. The molecule has 2 saturated carbocycles. The number of carbonyl (C=O) groups is 2. The lowest BCUT2D eigenvalue weighted by molar-refractivity contribution is 0.108. The summed E-state index contributed by atoms with van der Waals surface area (Å²) in [5.74, 6) is 1.05. The monoisotopic (exact) mass is 1220 g/mol. The quantitative estimate of drug-likeness (QED) is 0.0553. The van der Waals surface area contributed by atoms with Crippen LogP contribution in [0.25, 0.3) is 20.9 Å². The van der Waals surface area contributed by atoms with Crippen LogP contribution in [0.15, 0.2) is 99.8 Å². The third-order valence-corrected chi connectivity index (χ3v) is 18.3. The number of carbonyl (C=O) groups excluding carboxylic acids is 2. The third kappa shape index (κ3) is 19.8. The van der Waals surface area contributed by atoms with E-state index in [0.29, 0.717) is 28.3 Å². The van der Waals surface area contributed by atoms with Gasteiger partial charge in [-0.3, -0.25) is 0 Å². The maximum absolute atomic E-state index is 13.5. The van der Waals surface area contributed by atoms with E-state index in [2.05, 4.69) is 71.7 Å². The number of amides is 2. The largest absolute Gasteiger partial charge is 0.447 e. The van der Waals surface area contributed by atoms with Gasteiger partial charge in [-0.15, -0.1) is 32.9 Å². The van der Waals surface area contributed by atoms with E-state index >= 15 is 0 Å². The van der Waals surface area contributed by atoms with E-state index in [1.54, 1.807) is 82.0 Å². The average Bonchev–Trinajstić information content (AvgIpc) is 4.07. The molecule has 0 aliphatic heterocycles. The summed E-state index contributed by atoms with van der Waals surface area (Å²) in [4.78, 5) is 35.0. The van der Waals surface area contributed by atoms with Crippen molar-refractivity contribution in [2.75, 3.05) is 11.1 Å². The molecule has 20 nitrogen and oxygen atoms in total. The molecular weight excluding hydrogens is 1150 g/mol. The van der Waals surface area contributed by atoms with Crippen LogP contribution < -0.4 is 31.1 Å². The molecule has 6 aromatic rings. The van der Waals surface area contributed by atoms with E-state index in [4.69, 9.17) is 15.2 Å². The molecule has 0 saturated heterocycles. The van der Waals surface area contributed by atoms with Crippen molar-refractivity contribution in [3.8, 4) is 20.9 Å². The Morgan fingerprint density at radius 1 is 0.633 bits per heavy atom. The number of benzene rings is 2. The van der Waals surface area contributed by atoms with Gasteiger partial charge in [0, 0.05) is 82.3 Å². The number of alkyl carbamates (subject to hydrolysis) is 2. The summed E-state index contributed by atoms with van der Waals surface area (Å²) in [6, 6.07) is 17.5. The summed E-state index contributed by atoms with van der Waals surface area (Å²) in [6.45, 7) is 18.1. The minimum absolute atomic E-state index is 0.0847. The maximum Gasteiger partial charge on any atom is 0.407 e. The molecule has 2 aromatic carbocycles. The summed E-state index contributed by atoms with van der Waals surface area (Å²) >= 11 is 6.17. The lowest BCUT2D eigenvalue weighted by Gasteiger charge is -2.28. The fourth-order valence-corrected chi connectivity index (χ4v) is 14.7. The lowest BCUT2D eigenvalue weighted by Crippen LogP contribution is -2.40. The zero-order valence-electron chi connectivity index (χ0n) is 46.2. The number of aromatic nitrogens is 6. The molecule has 428 valence electrons. The van der Waals surface area contributed by atoms with Crippen molar-refractivity contribution in [2.45, 2.75) is 178 Å². The fraction of sp³-hybridized carbons (Fsp3) is 0.481. The van der Waals surface area contributed by atoms with E-state index in [0.717, 1.165) is 75.7 Å². The predicted molar refractivity (Wildman–Crippen MR) is 314 cm³/mol. The molecule has 0 spiro atoms. The molecule has 2 fully saturated rings. The van der Waals surface area contributed by atoms with Gasteiger partial charge in [0.15, 0.2) is 5.82 Å². The van der Waals surface area contributed by atoms with E-state index in [-0.39, 0.29) is 58.1 Å². The Morgan fingerprint density at radius 3 is 1.47 bits per heavy atom. The molecule has 4 aromatic heterocycles. The molecule has 0 unspecified atom stereocenters. The third-order valence-electron chi connectivity index (χ3n) is 11.9. The molecular formula is C54H73BrN12O8S4. The van der Waals surface area contributed by atoms with Gasteiger partial charge >= 0.3 is 12.2 Å². The smallest absolute Gasteiger partial charge is 0.407 e. The van der Waals surface area contributed by atoms with Crippen molar-refractivity contribution >= 4 is 88.0 Å². The van der Waals surface area contributed by atoms with Gasteiger partial charge in [0.05, 0.1) is 41.8 Å². The van der Waals surface area contributed by atoms with Gasteiger partial charge in [0.1, 0.15) is 4.60 Å². The van der Waals surface area contributed by atoms with Crippen LogP contribution in [-0.4, -0.2) is 94.8 Å². The SMILES string of the molecule is Brc1cccnn1.CC(C)OC(=O)NC1CCC(c2ncc(-c3ccc(N)cc3S(=O)(=O)NC(C)(C)C)s2)CC1.CC(C)OC(=O)NC1CCC(c2ncc(-c3ccc(Nc4cccnn4)cc3S(=O)(=O)NC(C)(C)C)s2)CC1. The van der Waals surface area contributed by atoms with Crippen LogP contribution in [0.5, 0.6) is 0 Å². The molecule has 7 N–H and O–H groups in total. The number of thiazole rings is 2. The van der Waals surface area contributed by atoms with Gasteiger partial charge in [-0.1, -0.05) is 12.1 Å². The molecule has 4 heterocycles. The first-order valence-electron chi connectivity index (χ1n) is 26.1. The number of rotatable bonds is 14. The van der Waals surface area contributed by atoms with Crippen LogP contribution in [0.4, 0.5) is 26.8 Å². The normalized spacial score (nSPS) is 17.8. The van der Waals surface area contributed by atoms with Crippen LogP contribution in [-0.2, 0) is 29.5 Å². The van der Waals surface area contributed by atoms with Crippen molar-refractivity contribution in [3.63, 3.8) is 0 Å². The number of anilines is 3. The molecule has 0 bridgehead atoms. The number of nitrogens with one attached hydrogen (secondary N) is 5. The zero-order valence-corrected chi connectivity index (χ0v) is 51.1. The Bertz CT molecular complexity index is 3170. The van der Waals surface area contributed by atoms with Crippen molar-refractivity contribution in [2.24, 2.45) is 0 Å². The highest BCUT2D eigenvalue weighted by atomic mass is 79.9. The Kier molecular flexibility index (Phi) is 21.9. The first-order chi connectivity index (χ1) is 37.1. The summed E-state index contributed by atoms with van der Waals surface area (Å²) in [5, 5.41) is 26.1. The van der Waals surface area contributed by atoms with Gasteiger partial charge in [-0.25, -0.2) is 45.8 Å². The predicted octanol–water partition coefficient (Wildman–Crippen LogP) is 11.5. The summed E-state index contributed by atoms with van der Waals surface area (Å²) < 4.78 is 69.8. The van der Waals surface area contributed by atoms with E-state index in [1.807, 2.05) is 66.7 Å². The Balaban J connectivity index is 0.000000229. The minimum atomic E-state index is -3.85. The van der Waals surface area contributed by atoms with Crippen molar-refractivity contribution in [3.05, 3.63) is 100 Å². The number of ether oxygens (including phenoxy) is 2. The number of hydrogen-bond donors (Lipinski definition) is 6. The van der Waals surface area contributed by atoms with Gasteiger partial charge in [-0.05, 0) is 185 Å². The molecule has 0 atom stereocenters. The highest BCUT2D eigenvalue weighted by molar-refractivity contribution is 9.10. The molecule has 2 amide bonds. The second kappa shape index (κ2) is 27.6. The van der Waals surface area contributed by atoms with Crippen LogP contribution in [0, 0.1) is 0 Å². The number of nitrogen functional groups attached to an aromatic ring is 1. The fourth-order valence-electron chi connectivity index (χ4n) is 8.71. The molecule has 8 rings (SSSR count). The molecule has 2 aliphatic carbocycles. The van der Waals surface area contributed by atoms with Crippen LogP contribution in [0.1, 0.15) is 142 Å². The van der Waals surface area contributed by atoms with Gasteiger partial charge < -0.3 is 31.2 Å². The lowest BCUT2D eigenvalue weighted by atomic mass is 9.86. The average molecular weight is 1230 g/mol. The second-order valence-corrected chi connectivity index (χ2v) is 28.1. The van der Waals surface area contributed by atoms with Gasteiger partial charge in [0.2, 0.25) is 20.0 Å². The highest BCUT2D eigenvalue weighted by Crippen LogP contribution is 2.42. The van der Waals surface area contributed by atoms with Crippen molar-refractivity contribution in [1.82, 2.24) is 50.4 Å². The van der Waals surface area contributed by atoms with E-state index < -0.39 is 31.1 Å². The topological polar surface area (TPSA) is 284 Å². The summed E-state index contributed by atoms with van der Waals surface area (Å²) in [7, 11) is -7.62. The first kappa shape index (κ1) is 62.5. The van der Waals surface area contributed by atoms with E-state index in [9.17, 15) is 26.4 Å². The number of halogens is 1. The molecule has 79 heavy (non-hydrogen) atoms. The van der Waals surface area contributed by atoms with Crippen LogP contribution in [0.3, 0.4) is 0 Å². The molecule has 25 heteroatoms. The molecule has 0 radical (unpaired) electrons. The highest BCUT2D eigenvalue weighted by Gasteiger charge is 2.31. The summed E-state index contributed by atoms with van der Waals surface area (Å²) in [5.41, 5.74) is 6.80. The molecule has 2 aliphatic rings.